The summed E-state index contributed by atoms with van der Waals surface area (Å²) in [5.74, 6) is -2.96. The van der Waals surface area contributed by atoms with Gasteiger partial charge in [-0.1, -0.05) is 0 Å². The van der Waals surface area contributed by atoms with Crippen molar-refractivity contribution in [3.8, 4) is 0 Å². The van der Waals surface area contributed by atoms with Crippen molar-refractivity contribution in [1.29, 1.82) is 0 Å². The van der Waals surface area contributed by atoms with E-state index in [0.717, 1.165) is 12.2 Å². The van der Waals surface area contributed by atoms with Crippen molar-refractivity contribution in [2.75, 3.05) is 13.6 Å². The molecule has 3 heterocycles. The van der Waals surface area contributed by atoms with E-state index in [-0.39, 0.29) is 18.7 Å². The van der Waals surface area contributed by atoms with Gasteiger partial charge in [-0.3, -0.25) is 4.68 Å². The third kappa shape index (κ3) is 1.83. The van der Waals surface area contributed by atoms with Crippen LogP contribution >= 0.6 is 0 Å². The average Bonchev–Trinajstić information content (AvgIpc) is 2.59. The van der Waals surface area contributed by atoms with Crippen LogP contribution in [0.15, 0.2) is 0 Å². The molecule has 0 N–H and O–H groups in total. The maximum absolute atomic E-state index is 14.1. The third-order valence-corrected chi connectivity index (χ3v) is 3.78. The first-order chi connectivity index (χ1) is 8.47. The van der Waals surface area contributed by atoms with Crippen molar-refractivity contribution >= 4 is 0 Å². The van der Waals surface area contributed by atoms with Gasteiger partial charge in [0, 0.05) is 31.5 Å². The molecule has 100 valence electrons. The lowest BCUT2D eigenvalue weighted by Crippen LogP contribution is -2.28. The van der Waals surface area contributed by atoms with Crippen molar-refractivity contribution in [2.45, 2.75) is 44.4 Å². The van der Waals surface area contributed by atoms with Crippen LogP contribution in [0.2, 0.25) is 0 Å². The molecular formula is C12H16F3N3. The number of rotatable bonds is 0. The SMILES string of the molecule is CN1CCc2nn3c(c2C1)C(F)(F)CCC(F)C3. The van der Waals surface area contributed by atoms with Gasteiger partial charge in [-0.25, -0.2) is 4.39 Å². The Morgan fingerprint density at radius 2 is 2.17 bits per heavy atom. The van der Waals surface area contributed by atoms with Gasteiger partial charge < -0.3 is 4.90 Å². The van der Waals surface area contributed by atoms with Gasteiger partial charge in [-0.2, -0.15) is 13.9 Å². The lowest BCUT2D eigenvalue weighted by Gasteiger charge is -2.24. The minimum absolute atomic E-state index is 0.0400. The van der Waals surface area contributed by atoms with Crippen molar-refractivity contribution in [1.82, 2.24) is 14.7 Å². The molecule has 0 aromatic carbocycles. The average molecular weight is 259 g/mol. The Morgan fingerprint density at radius 1 is 1.39 bits per heavy atom. The van der Waals surface area contributed by atoms with E-state index in [2.05, 4.69) is 5.10 Å². The summed E-state index contributed by atoms with van der Waals surface area (Å²) >= 11 is 0. The molecule has 3 nitrogen and oxygen atoms in total. The number of alkyl halides is 3. The summed E-state index contributed by atoms with van der Waals surface area (Å²) in [6.45, 7) is 1.26. The second-order valence-electron chi connectivity index (χ2n) is 5.28. The van der Waals surface area contributed by atoms with E-state index in [1.54, 1.807) is 0 Å². The van der Waals surface area contributed by atoms with E-state index in [4.69, 9.17) is 0 Å². The fourth-order valence-corrected chi connectivity index (χ4v) is 2.84. The Balaban J connectivity index is 2.11. The van der Waals surface area contributed by atoms with E-state index in [0.29, 0.717) is 18.5 Å². The van der Waals surface area contributed by atoms with Gasteiger partial charge in [-0.15, -0.1) is 0 Å². The number of nitrogens with zero attached hydrogens (tertiary/aromatic N) is 3. The lowest BCUT2D eigenvalue weighted by atomic mass is 10.0. The summed E-state index contributed by atoms with van der Waals surface area (Å²) in [5, 5.41) is 4.20. The number of likely N-dealkylation sites (N-methyl/N-ethyl adjacent to an activating group) is 1. The summed E-state index contributed by atoms with van der Waals surface area (Å²) in [4.78, 5) is 2.00. The third-order valence-electron chi connectivity index (χ3n) is 3.78. The molecule has 18 heavy (non-hydrogen) atoms. The zero-order valence-corrected chi connectivity index (χ0v) is 10.3. The molecule has 0 bridgehead atoms. The highest BCUT2D eigenvalue weighted by Gasteiger charge is 2.43. The monoisotopic (exact) mass is 259 g/mol. The Labute approximate surface area is 104 Å². The van der Waals surface area contributed by atoms with Gasteiger partial charge in [0.15, 0.2) is 0 Å². The molecule has 0 amide bonds. The van der Waals surface area contributed by atoms with Gasteiger partial charge >= 0.3 is 0 Å². The molecule has 2 aliphatic rings. The zero-order chi connectivity index (χ0) is 12.9. The normalized spacial score (nSPS) is 27.4. The summed E-state index contributed by atoms with van der Waals surface area (Å²) < 4.78 is 43.0. The van der Waals surface area contributed by atoms with Crippen molar-refractivity contribution in [3.63, 3.8) is 0 Å². The molecule has 0 aliphatic carbocycles. The highest BCUT2D eigenvalue weighted by Crippen LogP contribution is 2.40. The fraction of sp³-hybridized carbons (Fsp3) is 0.750. The van der Waals surface area contributed by atoms with Crippen LogP contribution in [0.3, 0.4) is 0 Å². The number of hydrogen-bond donors (Lipinski definition) is 0. The van der Waals surface area contributed by atoms with Crippen LogP contribution in [-0.4, -0.2) is 34.4 Å². The van der Waals surface area contributed by atoms with Crippen LogP contribution in [-0.2, 0) is 25.4 Å². The van der Waals surface area contributed by atoms with Crippen molar-refractivity contribution < 1.29 is 13.2 Å². The second kappa shape index (κ2) is 3.98. The molecule has 3 rings (SSSR count). The maximum atomic E-state index is 14.1. The summed E-state index contributed by atoms with van der Waals surface area (Å²) in [5.41, 5.74) is 1.28. The zero-order valence-electron chi connectivity index (χ0n) is 10.3. The summed E-state index contributed by atoms with van der Waals surface area (Å²) in [7, 11) is 1.90. The van der Waals surface area contributed by atoms with Gasteiger partial charge in [-0.05, 0) is 13.5 Å². The van der Waals surface area contributed by atoms with E-state index < -0.39 is 18.5 Å². The van der Waals surface area contributed by atoms with Crippen LogP contribution in [0.5, 0.6) is 0 Å². The minimum Gasteiger partial charge on any atom is -0.302 e. The molecule has 1 unspecified atom stereocenters. The standard InChI is InChI=1S/C12H16F3N3/c1-17-5-3-10-9(7-17)11-12(14,15)4-2-8(13)6-18(11)16-10/h8H,2-7H2,1H3. The van der Waals surface area contributed by atoms with Gasteiger partial charge in [0.1, 0.15) is 11.9 Å². The molecule has 0 radical (unpaired) electrons. The van der Waals surface area contributed by atoms with E-state index in [1.807, 2.05) is 11.9 Å². The second-order valence-corrected chi connectivity index (χ2v) is 5.28. The minimum atomic E-state index is -2.96. The smallest absolute Gasteiger partial charge is 0.289 e. The number of hydrogen-bond acceptors (Lipinski definition) is 2. The Morgan fingerprint density at radius 3 is 2.94 bits per heavy atom. The first-order valence-electron chi connectivity index (χ1n) is 6.27. The summed E-state index contributed by atoms with van der Waals surface area (Å²) in [6.07, 6.45) is -1.08. The number of halogens is 3. The maximum Gasteiger partial charge on any atom is 0.289 e. The molecule has 1 aromatic heterocycles. The molecule has 2 aliphatic heterocycles. The van der Waals surface area contributed by atoms with Gasteiger partial charge in [0.25, 0.3) is 5.92 Å². The predicted molar refractivity (Wildman–Crippen MR) is 60.3 cm³/mol. The van der Waals surface area contributed by atoms with E-state index in [1.165, 1.54) is 4.68 Å². The molecule has 6 heteroatoms. The Kier molecular flexibility index (Phi) is 2.66. The molecule has 1 atom stereocenters. The quantitative estimate of drug-likeness (QED) is 0.711. The van der Waals surface area contributed by atoms with Crippen LogP contribution in [0.1, 0.15) is 29.8 Å². The topological polar surface area (TPSA) is 21.1 Å². The van der Waals surface area contributed by atoms with Crippen LogP contribution in [0.4, 0.5) is 13.2 Å². The first kappa shape index (κ1) is 12.0. The Bertz CT molecular complexity index is 469. The fourth-order valence-electron chi connectivity index (χ4n) is 2.84. The van der Waals surface area contributed by atoms with E-state index >= 15 is 0 Å². The Hall–Kier alpha value is -1.04. The first-order valence-corrected chi connectivity index (χ1v) is 6.27. The van der Waals surface area contributed by atoms with Crippen LogP contribution < -0.4 is 0 Å². The predicted octanol–water partition coefficient (Wildman–Crippen LogP) is 2.09. The van der Waals surface area contributed by atoms with Crippen molar-refractivity contribution in [3.05, 3.63) is 17.0 Å². The van der Waals surface area contributed by atoms with Gasteiger partial charge in [0.05, 0.1) is 12.2 Å². The highest BCUT2D eigenvalue weighted by molar-refractivity contribution is 5.32. The van der Waals surface area contributed by atoms with Crippen LogP contribution in [0, 0.1) is 0 Å². The molecule has 1 aromatic rings. The summed E-state index contributed by atoms with van der Waals surface area (Å²) in [6, 6.07) is 0. The number of fused-ring (bicyclic) bond motifs is 3. The van der Waals surface area contributed by atoms with Crippen molar-refractivity contribution in [2.24, 2.45) is 0 Å². The molecule has 0 spiro atoms. The molecule has 0 saturated carbocycles. The molecule has 0 fully saturated rings. The van der Waals surface area contributed by atoms with Crippen LogP contribution in [0.25, 0.3) is 0 Å². The molecular weight excluding hydrogens is 243 g/mol. The molecule has 0 saturated heterocycles. The van der Waals surface area contributed by atoms with E-state index in [9.17, 15) is 13.2 Å². The largest absolute Gasteiger partial charge is 0.302 e. The van der Waals surface area contributed by atoms with Gasteiger partial charge in [0.2, 0.25) is 0 Å². The number of aromatic nitrogens is 2. The highest BCUT2D eigenvalue weighted by atomic mass is 19.3. The lowest BCUT2D eigenvalue weighted by molar-refractivity contribution is -0.0225.